The molecule has 5 heteroatoms. The highest BCUT2D eigenvalue weighted by molar-refractivity contribution is 8.00. The van der Waals surface area contributed by atoms with Crippen molar-refractivity contribution in [1.29, 1.82) is 0 Å². The van der Waals surface area contributed by atoms with E-state index in [-0.39, 0.29) is 12.6 Å². The molecule has 1 aliphatic heterocycles. The van der Waals surface area contributed by atoms with Gasteiger partial charge in [-0.25, -0.2) is 0 Å². The summed E-state index contributed by atoms with van der Waals surface area (Å²) in [5.74, 6) is 1.64. The topological polar surface area (TPSA) is 35.5 Å². The SMILES string of the molecule is CC(C)SCC(=O)c1cc2c(cc1Cl)OCO2. The lowest BCUT2D eigenvalue weighted by Crippen LogP contribution is -2.05. The van der Waals surface area contributed by atoms with Crippen molar-refractivity contribution in [3.05, 3.63) is 22.7 Å². The Labute approximate surface area is 109 Å². The summed E-state index contributed by atoms with van der Waals surface area (Å²) >= 11 is 7.65. The first kappa shape index (κ1) is 12.6. The number of thioether (sulfide) groups is 1. The zero-order chi connectivity index (χ0) is 12.4. The van der Waals surface area contributed by atoms with Crippen LogP contribution in [0, 0.1) is 0 Å². The summed E-state index contributed by atoms with van der Waals surface area (Å²) in [4.78, 5) is 12.0. The molecule has 0 saturated carbocycles. The van der Waals surface area contributed by atoms with Gasteiger partial charge in [-0.15, -0.1) is 0 Å². The van der Waals surface area contributed by atoms with Crippen molar-refractivity contribution in [3.63, 3.8) is 0 Å². The van der Waals surface area contributed by atoms with Gasteiger partial charge in [-0.05, 0) is 11.3 Å². The maximum absolute atomic E-state index is 12.0. The second kappa shape index (κ2) is 5.19. The number of carbonyl (C=O) groups is 1. The Kier molecular flexibility index (Phi) is 3.84. The molecule has 1 aliphatic rings. The predicted octanol–water partition coefficient (Wildman–Crippen LogP) is 3.39. The van der Waals surface area contributed by atoms with E-state index in [0.717, 1.165) is 0 Å². The third-order valence-corrected chi connectivity index (χ3v) is 3.72. The molecule has 0 aromatic heterocycles. The van der Waals surface area contributed by atoms with Gasteiger partial charge < -0.3 is 9.47 Å². The number of halogens is 1. The Balaban J connectivity index is 2.18. The molecule has 2 rings (SSSR count). The maximum atomic E-state index is 12.0. The molecular weight excluding hydrogens is 260 g/mol. The molecule has 1 heterocycles. The fraction of sp³-hybridized carbons (Fsp3) is 0.417. The van der Waals surface area contributed by atoms with Gasteiger partial charge >= 0.3 is 0 Å². The third kappa shape index (κ3) is 2.87. The van der Waals surface area contributed by atoms with Crippen LogP contribution < -0.4 is 9.47 Å². The Morgan fingerprint density at radius 3 is 2.71 bits per heavy atom. The van der Waals surface area contributed by atoms with E-state index < -0.39 is 0 Å². The number of fused-ring (bicyclic) bond motifs is 1. The Morgan fingerprint density at radius 2 is 2.06 bits per heavy atom. The van der Waals surface area contributed by atoms with E-state index in [1.54, 1.807) is 23.9 Å². The van der Waals surface area contributed by atoms with Gasteiger partial charge in [0.25, 0.3) is 0 Å². The number of Topliss-reactive ketones (excluding diaryl/α,β-unsaturated/α-hetero) is 1. The van der Waals surface area contributed by atoms with Crippen LogP contribution in [0.3, 0.4) is 0 Å². The van der Waals surface area contributed by atoms with Crippen molar-refractivity contribution in [2.75, 3.05) is 12.5 Å². The minimum Gasteiger partial charge on any atom is -0.454 e. The molecule has 0 unspecified atom stereocenters. The smallest absolute Gasteiger partial charge is 0.231 e. The zero-order valence-electron chi connectivity index (χ0n) is 9.66. The van der Waals surface area contributed by atoms with Crippen LogP contribution in [0.15, 0.2) is 12.1 Å². The average molecular weight is 273 g/mol. The van der Waals surface area contributed by atoms with Gasteiger partial charge in [0.1, 0.15) is 0 Å². The van der Waals surface area contributed by atoms with Crippen LogP contribution in [0.25, 0.3) is 0 Å². The molecule has 0 atom stereocenters. The number of ketones is 1. The lowest BCUT2D eigenvalue weighted by molar-refractivity contribution is 0.102. The molecule has 0 spiro atoms. The Hall–Kier alpha value is -0.870. The number of benzene rings is 1. The van der Waals surface area contributed by atoms with Gasteiger partial charge in [0.2, 0.25) is 6.79 Å². The van der Waals surface area contributed by atoms with Gasteiger partial charge in [-0.2, -0.15) is 11.8 Å². The first-order chi connectivity index (χ1) is 8.08. The van der Waals surface area contributed by atoms with Crippen LogP contribution in [0.5, 0.6) is 11.5 Å². The first-order valence-corrected chi connectivity index (χ1v) is 6.74. The number of hydrogen-bond acceptors (Lipinski definition) is 4. The number of carbonyl (C=O) groups excluding carboxylic acids is 1. The lowest BCUT2D eigenvalue weighted by Gasteiger charge is -2.07. The minimum absolute atomic E-state index is 0.0204. The predicted molar refractivity (Wildman–Crippen MR) is 69.5 cm³/mol. The van der Waals surface area contributed by atoms with E-state index in [4.69, 9.17) is 21.1 Å². The molecule has 0 aliphatic carbocycles. The molecule has 1 aromatic carbocycles. The van der Waals surface area contributed by atoms with Gasteiger partial charge in [0, 0.05) is 11.6 Å². The first-order valence-electron chi connectivity index (χ1n) is 5.32. The van der Waals surface area contributed by atoms with Crippen molar-refractivity contribution in [2.45, 2.75) is 19.1 Å². The van der Waals surface area contributed by atoms with E-state index in [9.17, 15) is 4.79 Å². The largest absolute Gasteiger partial charge is 0.454 e. The average Bonchev–Trinajstić information content (AvgIpc) is 2.71. The van der Waals surface area contributed by atoms with Crippen LogP contribution in [-0.2, 0) is 0 Å². The van der Waals surface area contributed by atoms with E-state index in [2.05, 4.69) is 13.8 Å². The van der Waals surface area contributed by atoms with Crippen molar-refractivity contribution >= 4 is 29.1 Å². The van der Waals surface area contributed by atoms with Crippen LogP contribution in [0.1, 0.15) is 24.2 Å². The van der Waals surface area contributed by atoms with Crippen molar-refractivity contribution < 1.29 is 14.3 Å². The highest BCUT2D eigenvalue weighted by Gasteiger charge is 2.20. The number of hydrogen-bond donors (Lipinski definition) is 0. The van der Waals surface area contributed by atoms with Gasteiger partial charge in [-0.1, -0.05) is 25.4 Å². The number of rotatable bonds is 4. The summed E-state index contributed by atoms with van der Waals surface area (Å²) in [6.07, 6.45) is 0. The summed E-state index contributed by atoms with van der Waals surface area (Å²) in [6.45, 7) is 4.29. The standard InChI is InChI=1S/C12H13ClO3S/c1-7(2)17-5-10(14)8-3-11-12(4-9(8)13)16-6-15-11/h3-4,7H,5-6H2,1-2H3. The summed E-state index contributed by atoms with van der Waals surface area (Å²) in [5, 5.41) is 0.843. The third-order valence-electron chi connectivity index (χ3n) is 2.31. The number of ether oxygens (including phenoxy) is 2. The molecule has 0 amide bonds. The lowest BCUT2D eigenvalue weighted by atomic mass is 10.1. The van der Waals surface area contributed by atoms with Crippen LogP contribution in [0.4, 0.5) is 0 Å². The van der Waals surface area contributed by atoms with Crippen LogP contribution >= 0.6 is 23.4 Å². The Bertz CT molecular complexity index is 446. The maximum Gasteiger partial charge on any atom is 0.231 e. The molecule has 0 N–H and O–H groups in total. The van der Waals surface area contributed by atoms with Crippen LogP contribution in [-0.4, -0.2) is 23.6 Å². The van der Waals surface area contributed by atoms with Crippen molar-refractivity contribution in [3.8, 4) is 11.5 Å². The molecule has 0 bridgehead atoms. The molecule has 1 aromatic rings. The van der Waals surface area contributed by atoms with Crippen molar-refractivity contribution in [2.24, 2.45) is 0 Å². The highest BCUT2D eigenvalue weighted by Crippen LogP contribution is 2.37. The Morgan fingerprint density at radius 1 is 1.41 bits per heavy atom. The van der Waals surface area contributed by atoms with E-state index in [1.165, 1.54) is 0 Å². The summed E-state index contributed by atoms with van der Waals surface area (Å²) in [7, 11) is 0. The molecule has 0 saturated heterocycles. The molecule has 17 heavy (non-hydrogen) atoms. The highest BCUT2D eigenvalue weighted by atomic mass is 35.5. The van der Waals surface area contributed by atoms with Gasteiger partial charge in [0.05, 0.1) is 10.8 Å². The molecular formula is C12H13ClO3S. The fourth-order valence-electron chi connectivity index (χ4n) is 1.45. The molecule has 3 nitrogen and oxygen atoms in total. The van der Waals surface area contributed by atoms with E-state index in [0.29, 0.717) is 33.1 Å². The quantitative estimate of drug-likeness (QED) is 0.787. The monoisotopic (exact) mass is 272 g/mol. The molecule has 0 fully saturated rings. The van der Waals surface area contributed by atoms with Crippen molar-refractivity contribution in [1.82, 2.24) is 0 Å². The van der Waals surface area contributed by atoms with Crippen LogP contribution in [0.2, 0.25) is 5.02 Å². The fourth-order valence-corrected chi connectivity index (χ4v) is 2.35. The second-order valence-corrected chi connectivity index (χ2v) is 5.94. The van der Waals surface area contributed by atoms with Gasteiger partial charge in [-0.3, -0.25) is 4.79 Å². The summed E-state index contributed by atoms with van der Waals surface area (Å²) in [6, 6.07) is 3.30. The molecule has 92 valence electrons. The second-order valence-electron chi connectivity index (χ2n) is 3.97. The normalized spacial score (nSPS) is 13.2. The molecule has 0 radical (unpaired) electrons. The minimum atomic E-state index is 0.0204. The van der Waals surface area contributed by atoms with E-state index >= 15 is 0 Å². The van der Waals surface area contributed by atoms with E-state index in [1.807, 2.05) is 0 Å². The summed E-state index contributed by atoms with van der Waals surface area (Å²) in [5.41, 5.74) is 0.504. The summed E-state index contributed by atoms with van der Waals surface area (Å²) < 4.78 is 10.4. The zero-order valence-corrected chi connectivity index (χ0v) is 11.2. The van der Waals surface area contributed by atoms with Gasteiger partial charge in [0.15, 0.2) is 17.3 Å².